The maximum Gasteiger partial charge on any atom is 0.320 e. The average molecular weight is 218 g/mol. The molecule has 16 heavy (non-hydrogen) atoms. The van der Waals surface area contributed by atoms with Crippen molar-refractivity contribution in [3.8, 4) is 0 Å². The highest BCUT2D eigenvalue weighted by Gasteiger charge is 2.02. The van der Waals surface area contributed by atoms with Gasteiger partial charge in [-0.3, -0.25) is 10.3 Å². The highest BCUT2D eigenvalue weighted by atomic mass is 16.5. The second-order valence-electron chi connectivity index (χ2n) is 3.05. The molecule has 2 rings (SSSR count). The second-order valence-corrected chi connectivity index (χ2v) is 3.05. The third kappa shape index (κ3) is 2.81. The number of anilines is 1. The average Bonchev–Trinajstić information content (AvgIpc) is 2.81. The molecule has 0 saturated carbocycles. The van der Waals surface area contributed by atoms with Crippen LogP contribution in [-0.2, 0) is 6.54 Å². The van der Waals surface area contributed by atoms with Gasteiger partial charge < -0.3 is 9.84 Å². The van der Waals surface area contributed by atoms with Gasteiger partial charge in [0.1, 0.15) is 6.26 Å². The van der Waals surface area contributed by atoms with E-state index in [9.17, 15) is 4.79 Å². The first-order valence-electron chi connectivity index (χ1n) is 4.69. The molecule has 0 aliphatic carbocycles. The standard InChI is InChI=1S/C10H10N4O2/c15-10(13-9-3-6-16-14-9)12-7-8-1-4-11-5-2-8/h1-6H,7H2,(H2,12,13,14,15). The molecule has 0 fully saturated rings. The van der Waals surface area contributed by atoms with Gasteiger partial charge in [0.15, 0.2) is 5.82 Å². The van der Waals surface area contributed by atoms with Crippen LogP contribution in [0.15, 0.2) is 41.4 Å². The number of nitrogens with one attached hydrogen (secondary N) is 2. The zero-order valence-electron chi connectivity index (χ0n) is 8.38. The van der Waals surface area contributed by atoms with Gasteiger partial charge >= 0.3 is 6.03 Å². The van der Waals surface area contributed by atoms with Crippen molar-refractivity contribution in [3.63, 3.8) is 0 Å². The third-order valence-corrected chi connectivity index (χ3v) is 1.88. The number of pyridine rings is 1. The molecule has 0 bridgehead atoms. The fraction of sp³-hybridized carbons (Fsp3) is 0.100. The minimum Gasteiger partial charge on any atom is -0.363 e. The monoisotopic (exact) mass is 218 g/mol. The normalized spacial score (nSPS) is 9.75. The van der Waals surface area contributed by atoms with Crippen molar-refractivity contribution >= 4 is 11.8 Å². The van der Waals surface area contributed by atoms with E-state index in [0.29, 0.717) is 12.4 Å². The van der Waals surface area contributed by atoms with E-state index in [1.165, 1.54) is 6.26 Å². The molecule has 2 aromatic heterocycles. The lowest BCUT2D eigenvalue weighted by Gasteiger charge is -2.04. The third-order valence-electron chi connectivity index (χ3n) is 1.88. The number of nitrogens with zero attached hydrogens (tertiary/aromatic N) is 2. The Morgan fingerprint density at radius 1 is 1.31 bits per heavy atom. The first-order valence-corrected chi connectivity index (χ1v) is 4.69. The Kier molecular flexibility index (Phi) is 3.12. The summed E-state index contributed by atoms with van der Waals surface area (Å²) in [7, 11) is 0. The lowest BCUT2D eigenvalue weighted by molar-refractivity contribution is 0.251. The van der Waals surface area contributed by atoms with Crippen LogP contribution >= 0.6 is 0 Å². The Labute approximate surface area is 91.7 Å². The fourth-order valence-electron chi connectivity index (χ4n) is 1.12. The van der Waals surface area contributed by atoms with Gasteiger partial charge in [-0.15, -0.1) is 0 Å². The molecular weight excluding hydrogens is 208 g/mol. The second kappa shape index (κ2) is 4.92. The van der Waals surface area contributed by atoms with E-state index in [4.69, 9.17) is 0 Å². The number of aromatic nitrogens is 2. The van der Waals surface area contributed by atoms with Gasteiger partial charge in [-0.25, -0.2) is 4.79 Å². The van der Waals surface area contributed by atoms with Gasteiger partial charge in [0.05, 0.1) is 0 Å². The highest BCUT2D eigenvalue weighted by Crippen LogP contribution is 2.00. The van der Waals surface area contributed by atoms with Gasteiger partial charge in [-0.05, 0) is 17.7 Å². The van der Waals surface area contributed by atoms with E-state index in [1.54, 1.807) is 18.5 Å². The van der Waals surface area contributed by atoms with E-state index in [1.807, 2.05) is 12.1 Å². The summed E-state index contributed by atoms with van der Waals surface area (Å²) in [6.45, 7) is 0.437. The van der Waals surface area contributed by atoms with Gasteiger partial charge in [0, 0.05) is 25.0 Å². The minimum atomic E-state index is -0.328. The van der Waals surface area contributed by atoms with Crippen LogP contribution in [0.4, 0.5) is 10.6 Å². The van der Waals surface area contributed by atoms with Crippen LogP contribution in [0.2, 0.25) is 0 Å². The molecule has 2 amide bonds. The number of urea groups is 1. The predicted molar refractivity (Wildman–Crippen MR) is 56.6 cm³/mol. The zero-order chi connectivity index (χ0) is 11.2. The molecule has 6 nitrogen and oxygen atoms in total. The summed E-state index contributed by atoms with van der Waals surface area (Å²) in [5, 5.41) is 8.75. The van der Waals surface area contributed by atoms with Crippen molar-refractivity contribution in [2.75, 3.05) is 5.32 Å². The van der Waals surface area contributed by atoms with E-state index in [-0.39, 0.29) is 6.03 Å². The summed E-state index contributed by atoms with van der Waals surface area (Å²) in [5.74, 6) is 0.382. The topological polar surface area (TPSA) is 80.0 Å². The molecule has 0 spiro atoms. The van der Waals surface area contributed by atoms with E-state index in [0.717, 1.165) is 5.56 Å². The molecule has 6 heteroatoms. The fourth-order valence-corrected chi connectivity index (χ4v) is 1.12. The first-order chi connectivity index (χ1) is 7.84. The van der Waals surface area contributed by atoms with E-state index in [2.05, 4.69) is 25.3 Å². The van der Waals surface area contributed by atoms with Crippen molar-refractivity contribution in [1.82, 2.24) is 15.5 Å². The number of amides is 2. The molecule has 0 aliphatic rings. The predicted octanol–water partition coefficient (Wildman–Crippen LogP) is 1.39. The summed E-state index contributed by atoms with van der Waals surface area (Å²) in [6, 6.07) is 4.89. The van der Waals surface area contributed by atoms with Crippen LogP contribution < -0.4 is 10.6 Å². The van der Waals surface area contributed by atoms with Crippen LogP contribution in [0, 0.1) is 0 Å². The van der Waals surface area contributed by atoms with E-state index >= 15 is 0 Å². The molecular formula is C10H10N4O2. The van der Waals surface area contributed by atoms with Crippen LogP contribution in [-0.4, -0.2) is 16.2 Å². The summed E-state index contributed by atoms with van der Waals surface area (Å²) in [5.41, 5.74) is 0.977. The van der Waals surface area contributed by atoms with Gasteiger partial charge in [-0.2, -0.15) is 0 Å². The molecule has 0 saturated heterocycles. The molecule has 2 aromatic rings. The highest BCUT2D eigenvalue weighted by molar-refractivity contribution is 5.87. The van der Waals surface area contributed by atoms with Crippen molar-refractivity contribution < 1.29 is 9.32 Å². The van der Waals surface area contributed by atoms with Crippen molar-refractivity contribution in [2.45, 2.75) is 6.54 Å². The Morgan fingerprint density at radius 3 is 2.81 bits per heavy atom. The molecule has 82 valence electrons. The lowest BCUT2D eigenvalue weighted by atomic mass is 10.3. The molecule has 2 heterocycles. The van der Waals surface area contributed by atoms with Gasteiger partial charge in [-0.1, -0.05) is 5.16 Å². The largest absolute Gasteiger partial charge is 0.363 e. The number of carbonyl (C=O) groups excluding carboxylic acids is 1. The van der Waals surface area contributed by atoms with Crippen LogP contribution in [0.5, 0.6) is 0 Å². The number of carbonyl (C=O) groups is 1. The maximum absolute atomic E-state index is 11.4. The molecule has 0 radical (unpaired) electrons. The van der Waals surface area contributed by atoms with Crippen LogP contribution in [0.1, 0.15) is 5.56 Å². The first kappa shape index (κ1) is 10.2. The van der Waals surface area contributed by atoms with E-state index < -0.39 is 0 Å². The Morgan fingerprint density at radius 2 is 2.12 bits per heavy atom. The van der Waals surface area contributed by atoms with Crippen molar-refractivity contribution in [3.05, 3.63) is 42.4 Å². The Hall–Kier alpha value is -2.37. The summed E-state index contributed by atoms with van der Waals surface area (Å²) < 4.78 is 4.58. The Bertz CT molecular complexity index is 441. The van der Waals surface area contributed by atoms with Gasteiger partial charge in [0.25, 0.3) is 0 Å². The maximum atomic E-state index is 11.4. The van der Waals surface area contributed by atoms with Crippen molar-refractivity contribution in [1.29, 1.82) is 0 Å². The number of hydrogen-bond donors (Lipinski definition) is 2. The summed E-state index contributed by atoms with van der Waals surface area (Å²) in [6.07, 6.45) is 4.73. The summed E-state index contributed by atoms with van der Waals surface area (Å²) >= 11 is 0. The molecule has 2 N–H and O–H groups in total. The Balaban J connectivity index is 1.80. The minimum absolute atomic E-state index is 0.328. The molecule has 0 aliphatic heterocycles. The number of rotatable bonds is 3. The quantitative estimate of drug-likeness (QED) is 0.815. The smallest absolute Gasteiger partial charge is 0.320 e. The molecule has 0 aromatic carbocycles. The lowest BCUT2D eigenvalue weighted by Crippen LogP contribution is -2.28. The molecule has 0 atom stereocenters. The van der Waals surface area contributed by atoms with Crippen LogP contribution in [0.3, 0.4) is 0 Å². The summed E-state index contributed by atoms with van der Waals surface area (Å²) in [4.78, 5) is 15.2. The van der Waals surface area contributed by atoms with Gasteiger partial charge in [0.2, 0.25) is 0 Å². The number of hydrogen-bond acceptors (Lipinski definition) is 4. The SMILES string of the molecule is O=C(NCc1ccncc1)Nc1ccon1. The van der Waals surface area contributed by atoms with Crippen LogP contribution in [0.25, 0.3) is 0 Å². The van der Waals surface area contributed by atoms with Crippen molar-refractivity contribution in [2.24, 2.45) is 0 Å². The zero-order valence-corrected chi connectivity index (χ0v) is 8.38. The molecule has 0 unspecified atom stereocenters.